The number of para-hydroxylation sites is 2. The number of carbonyl (C=O) groups excluding carboxylic acids is 1. The van der Waals surface area contributed by atoms with Crippen LogP contribution < -0.4 is 11.3 Å². The van der Waals surface area contributed by atoms with Crippen LogP contribution in [0.3, 0.4) is 0 Å². The normalized spacial score (nSPS) is 29.5. The summed E-state index contributed by atoms with van der Waals surface area (Å²) in [5.74, 6) is -0.101. The third-order valence-electron chi connectivity index (χ3n) is 10.2. The molecule has 10 heteroatoms. The van der Waals surface area contributed by atoms with Crippen molar-refractivity contribution in [3.05, 3.63) is 52.1 Å². The van der Waals surface area contributed by atoms with E-state index < -0.39 is 18.5 Å². The van der Waals surface area contributed by atoms with Gasteiger partial charge in [0.25, 0.3) is 11.5 Å². The van der Waals surface area contributed by atoms with Crippen LogP contribution in [0.2, 0.25) is 0 Å². The number of aromatic nitrogens is 2. The number of hydrogen-bond donors (Lipinski definition) is 2. The van der Waals surface area contributed by atoms with Crippen molar-refractivity contribution in [3.8, 4) is 0 Å². The van der Waals surface area contributed by atoms with Gasteiger partial charge in [0.15, 0.2) is 12.3 Å². The van der Waals surface area contributed by atoms with E-state index in [0.29, 0.717) is 23.0 Å². The van der Waals surface area contributed by atoms with Crippen LogP contribution >= 0.6 is 0 Å². The summed E-state index contributed by atoms with van der Waals surface area (Å²) in [5, 5.41) is 13.3. The van der Waals surface area contributed by atoms with Gasteiger partial charge in [0.1, 0.15) is 5.71 Å². The maximum atomic E-state index is 14.1. The second-order valence-corrected chi connectivity index (χ2v) is 12.3. The number of carboxylic acids is 1. The molecule has 6 aliphatic rings. The highest BCUT2D eigenvalue weighted by Gasteiger charge is 2.74. The van der Waals surface area contributed by atoms with Gasteiger partial charge >= 0.3 is 5.97 Å². The third-order valence-corrected chi connectivity index (χ3v) is 10.2. The number of amides is 1. The van der Waals surface area contributed by atoms with E-state index >= 15 is 0 Å². The summed E-state index contributed by atoms with van der Waals surface area (Å²) < 4.78 is 1.86. The molecule has 1 aromatic heterocycles. The number of fused-ring (bicyclic) bond motifs is 3. The summed E-state index contributed by atoms with van der Waals surface area (Å²) in [4.78, 5) is 49.0. The number of oxime groups is 1. The molecule has 4 aliphatic carbocycles. The number of rotatable bonds is 9. The van der Waals surface area contributed by atoms with Crippen molar-refractivity contribution in [2.75, 3.05) is 6.61 Å². The molecule has 1 spiro atoms. The van der Waals surface area contributed by atoms with Gasteiger partial charge in [-0.1, -0.05) is 17.3 Å². The Bertz CT molecular complexity index is 1480. The number of allylic oxidation sites excluding steroid dienone is 1. The van der Waals surface area contributed by atoms with Crippen molar-refractivity contribution in [2.24, 2.45) is 28.1 Å². The summed E-state index contributed by atoms with van der Waals surface area (Å²) in [6.07, 6.45) is 11.6. The number of benzene rings is 1. The number of nitrogens with two attached hydrogens (primary N) is 1. The summed E-state index contributed by atoms with van der Waals surface area (Å²) in [6, 6.07) is 8.32. The number of carboxylic acid groups (broad SMARTS) is 1. The van der Waals surface area contributed by atoms with Crippen LogP contribution in [-0.2, 0) is 14.4 Å². The molecule has 8 rings (SSSR count). The third kappa shape index (κ3) is 4.02. The fourth-order valence-corrected chi connectivity index (χ4v) is 8.02. The zero-order valence-electron chi connectivity index (χ0n) is 22.5. The van der Waals surface area contributed by atoms with E-state index in [2.05, 4.69) is 21.2 Å². The SMILES string of the molecule is NC(=O)CO/N=C(\CCC(=O)O)c1nc2ccccc2n(C2C[C@H]3CCC[C@@H](C2)N3C=C2C3CC2C32CC2)c1=O. The van der Waals surface area contributed by atoms with Gasteiger partial charge in [-0.3, -0.25) is 14.4 Å². The minimum atomic E-state index is -1.03. The molecule has 3 heterocycles. The molecule has 10 nitrogen and oxygen atoms in total. The summed E-state index contributed by atoms with van der Waals surface area (Å²) in [6.45, 7) is -0.474. The molecule has 2 aromatic rings. The Kier molecular flexibility index (Phi) is 5.98. The van der Waals surface area contributed by atoms with Gasteiger partial charge in [0.05, 0.1) is 17.5 Å². The molecule has 4 saturated carbocycles. The van der Waals surface area contributed by atoms with E-state index in [1.807, 2.05) is 28.8 Å². The lowest BCUT2D eigenvalue weighted by atomic mass is 9.42. The first-order chi connectivity index (χ1) is 19.4. The fourth-order valence-electron chi connectivity index (χ4n) is 8.02. The highest BCUT2D eigenvalue weighted by molar-refractivity contribution is 6.00. The molecule has 1 amide bonds. The average Bonchev–Trinajstić information content (AvgIpc) is 3.72. The van der Waals surface area contributed by atoms with Crippen LogP contribution in [0, 0.1) is 17.3 Å². The highest BCUT2D eigenvalue weighted by Crippen LogP contribution is 2.82. The molecule has 6 fully saturated rings. The van der Waals surface area contributed by atoms with Crippen LogP contribution in [0.25, 0.3) is 11.0 Å². The van der Waals surface area contributed by atoms with Crippen molar-refractivity contribution in [1.29, 1.82) is 0 Å². The van der Waals surface area contributed by atoms with Gasteiger partial charge < -0.3 is 25.1 Å². The maximum absolute atomic E-state index is 14.1. The predicted molar refractivity (Wildman–Crippen MR) is 147 cm³/mol. The quantitative estimate of drug-likeness (QED) is 0.364. The molecule has 1 aromatic carbocycles. The molecule has 0 radical (unpaired) electrons. The Morgan fingerprint density at radius 2 is 1.82 bits per heavy atom. The van der Waals surface area contributed by atoms with Gasteiger partial charge in [0, 0.05) is 24.5 Å². The first-order valence-corrected chi connectivity index (χ1v) is 14.6. The van der Waals surface area contributed by atoms with Gasteiger partial charge in [-0.25, -0.2) is 4.98 Å². The number of carbonyl (C=O) groups is 2. The van der Waals surface area contributed by atoms with Gasteiger partial charge in [0.2, 0.25) is 0 Å². The van der Waals surface area contributed by atoms with E-state index in [4.69, 9.17) is 10.6 Å². The highest BCUT2D eigenvalue weighted by atomic mass is 16.6. The van der Waals surface area contributed by atoms with Crippen LogP contribution in [0.1, 0.15) is 75.9 Å². The molecule has 40 heavy (non-hydrogen) atoms. The lowest BCUT2D eigenvalue weighted by Crippen LogP contribution is -2.57. The topological polar surface area (TPSA) is 140 Å². The molecular weight excluding hydrogens is 510 g/mol. The number of aliphatic carboxylic acids is 1. The zero-order chi connectivity index (χ0) is 27.6. The largest absolute Gasteiger partial charge is 0.481 e. The predicted octanol–water partition coefficient (Wildman–Crippen LogP) is 3.34. The number of hydrogen-bond acceptors (Lipinski definition) is 7. The molecule has 2 saturated heterocycles. The minimum Gasteiger partial charge on any atom is -0.481 e. The van der Waals surface area contributed by atoms with E-state index in [-0.39, 0.29) is 35.8 Å². The van der Waals surface area contributed by atoms with Crippen molar-refractivity contribution in [3.63, 3.8) is 0 Å². The Labute approximate surface area is 231 Å². The second-order valence-electron chi connectivity index (χ2n) is 12.3. The van der Waals surface area contributed by atoms with E-state index in [9.17, 15) is 19.5 Å². The molecule has 5 atom stereocenters. The molecule has 2 aliphatic heterocycles. The first kappa shape index (κ1) is 25.3. The summed E-state index contributed by atoms with van der Waals surface area (Å²) in [7, 11) is 0. The van der Waals surface area contributed by atoms with Gasteiger partial charge in [-0.05, 0) is 92.5 Å². The van der Waals surface area contributed by atoms with Crippen molar-refractivity contribution >= 4 is 28.6 Å². The molecule has 4 bridgehead atoms. The second kappa shape index (κ2) is 9.45. The number of primary amides is 1. The lowest BCUT2D eigenvalue weighted by molar-refractivity contribution is -0.136. The standard InChI is InChI=1S/C30H35N5O5/c31-26(36)16-40-33-24(8-9-27(37)38)28-29(39)35(25-7-2-1-6-23(25)32-28)19-12-17-4-3-5-18(13-19)34(17)15-20-21-14-22(20)30(21)10-11-30/h1-2,6-7,15,17-19,21-22H,3-5,8-14,16H2,(H2,31,36)(H,37,38)/b20-15?,33-24+/t17-,18+,19?,21?,22?. The average molecular weight is 546 g/mol. The molecule has 3 unspecified atom stereocenters. The van der Waals surface area contributed by atoms with E-state index in [1.165, 1.54) is 25.7 Å². The minimum absolute atomic E-state index is 0.0120. The van der Waals surface area contributed by atoms with Gasteiger partial charge in [-0.2, -0.15) is 0 Å². The molecular formula is C30H35N5O5. The summed E-state index contributed by atoms with van der Waals surface area (Å²) in [5.41, 5.74) is 8.80. The van der Waals surface area contributed by atoms with E-state index in [1.54, 1.807) is 5.57 Å². The zero-order valence-corrected chi connectivity index (χ0v) is 22.5. The van der Waals surface area contributed by atoms with Crippen molar-refractivity contribution in [1.82, 2.24) is 14.5 Å². The van der Waals surface area contributed by atoms with Crippen molar-refractivity contribution in [2.45, 2.75) is 82.3 Å². The lowest BCUT2D eigenvalue weighted by Gasteiger charge is -2.63. The fraction of sp³-hybridized carbons (Fsp3) is 0.567. The Hall–Kier alpha value is -3.69. The Morgan fingerprint density at radius 1 is 1.10 bits per heavy atom. The van der Waals surface area contributed by atoms with Crippen LogP contribution in [0.4, 0.5) is 0 Å². The van der Waals surface area contributed by atoms with E-state index in [0.717, 1.165) is 43.0 Å². The molecule has 210 valence electrons. The van der Waals surface area contributed by atoms with Crippen LogP contribution in [0.15, 0.2) is 46.0 Å². The van der Waals surface area contributed by atoms with Crippen LogP contribution in [0.5, 0.6) is 0 Å². The monoisotopic (exact) mass is 545 g/mol. The number of nitrogens with zero attached hydrogens (tertiary/aromatic N) is 4. The van der Waals surface area contributed by atoms with Crippen molar-refractivity contribution < 1.29 is 19.5 Å². The molecule has 3 N–H and O–H groups in total. The Balaban J connectivity index is 1.23. The summed E-state index contributed by atoms with van der Waals surface area (Å²) >= 11 is 0. The Morgan fingerprint density at radius 3 is 2.48 bits per heavy atom. The van der Waals surface area contributed by atoms with Gasteiger partial charge in [-0.15, -0.1) is 0 Å². The van der Waals surface area contributed by atoms with Crippen LogP contribution in [-0.4, -0.2) is 55.8 Å². The number of piperidine rings is 2. The smallest absolute Gasteiger partial charge is 0.303 e. The maximum Gasteiger partial charge on any atom is 0.303 e. The first-order valence-electron chi connectivity index (χ1n) is 14.6.